The van der Waals surface area contributed by atoms with Crippen molar-refractivity contribution in [2.45, 2.75) is 45.8 Å². The van der Waals surface area contributed by atoms with Crippen LogP contribution in [0.25, 0.3) is 0 Å². The van der Waals surface area contributed by atoms with Crippen LogP contribution < -0.4 is 0 Å². The molecule has 126 valence electrons. The molecule has 1 aliphatic rings. The fourth-order valence-electron chi connectivity index (χ4n) is 3.17. The van der Waals surface area contributed by atoms with E-state index in [-0.39, 0.29) is 6.61 Å². The second-order valence-electron chi connectivity index (χ2n) is 6.62. The van der Waals surface area contributed by atoms with Crippen molar-refractivity contribution in [3.8, 4) is 0 Å². The summed E-state index contributed by atoms with van der Waals surface area (Å²) in [5, 5.41) is 9.36. The molecule has 2 unspecified atom stereocenters. The number of carbonyl (C=O) groups excluding carboxylic acids is 1. The first kappa shape index (κ1) is 17.3. The zero-order valence-corrected chi connectivity index (χ0v) is 13.8. The van der Waals surface area contributed by atoms with Crippen molar-refractivity contribution in [1.29, 1.82) is 0 Å². The maximum absolute atomic E-state index is 12.4. The number of hydrogen-bond donors (Lipinski definition) is 1. The van der Waals surface area contributed by atoms with Gasteiger partial charge >= 0.3 is 12.1 Å². The number of aliphatic carboxylic acids is 1. The predicted molar refractivity (Wildman–Crippen MR) is 86.9 cm³/mol. The van der Waals surface area contributed by atoms with E-state index in [4.69, 9.17) is 4.74 Å². The summed E-state index contributed by atoms with van der Waals surface area (Å²) in [4.78, 5) is 25.2. The second-order valence-corrected chi connectivity index (χ2v) is 6.62. The van der Waals surface area contributed by atoms with Crippen molar-refractivity contribution in [2.24, 2.45) is 11.8 Å². The van der Waals surface area contributed by atoms with Crippen LogP contribution in [0.15, 0.2) is 30.3 Å². The van der Waals surface area contributed by atoms with E-state index in [0.717, 1.165) is 18.4 Å². The Labute approximate surface area is 137 Å². The number of benzene rings is 1. The minimum Gasteiger partial charge on any atom is -0.480 e. The number of piperidine rings is 1. The summed E-state index contributed by atoms with van der Waals surface area (Å²) in [7, 11) is 0. The monoisotopic (exact) mass is 319 g/mol. The molecule has 2 rings (SSSR count). The Kier molecular flexibility index (Phi) is 6.02. The van der Waals surface area contributed by atoms with Gasteiger partial charge in [-0.15, -0.1) is 0 Å². The molecule has 1 fully saturated rings. The first-order valence-electron chi connectivity index (χ1n) is 8.17. The Morgan fingerprint density at radius 1 is 1.26 bits per heavy atom. The predicted octanol–water partition coefficient (Wildman–Crippen LogP) is 3.53. The van der Waals surface area contributed by atoms with Gasteiger partial charge in [0.05, 0.1) is 0 Å². The van der Waals surface area contributed by atoms with Gasteiger partial charge in [0.2, 0.25) is 0 Å². The highest BCUT2D eigenvalue weighted by atomic mass is 16.6. The van der Waals surface area contributed by atoms with Crippen molar-refractivity contribution in [3.63, 3.8) is 0 Å². The standard InChI is InChI=1S/C18H25NO4/c1-13(2)10-15-8-9-16(17(20)21)19(11-15)18(22)23-12-14-6-4-3-5-7-14/h3-7,13,15-16H,8-12H2,1-2H3,(H,20,21). The second kappa shape index (κ2) is 7.99. The lowest BCUT2D eigenvalue weighted by Gasteiger charge is -2.37. The Morgan fingerprint density at radius 3 is 2.57 bits per heavy atom. The van der Waals surface area contributed by atoms with Crippen molar-refractivity contribution in [2.75, 3.05) is 6.54 Å². The summed E-state index contributed by atoms with van der Waals surface area (Å²) in [6.45, 7) is 4.91. The third-order valence-electron chi connectivity index (χ3n) is 4.21. The van der Waals surface area contributed by atoms with Gasteiger partial charge in [0.25, 0.3) is 0 Å². The van der Waals surface area contributed by atoms with Crippen molar-refractivity contribution in [1.82, 2.24) is 4.90 Å². The van der Waals surface area contributed by atoms with Crippen LogP contribution in [0.2, 0.25) is 0 Å². The summed E-state index contributed by atoms with van der Waals surface area (Å²) in [5.41, 5.74) is 0.892. The van der Waals surface area contributed by atoms with Gasteiger partial charge in [0, 0.05) is 6.54 Å². The lowest BCUT2D eigenvalue weighted by Crippen LogP contribution is -2.51. The van der Waals surface area contributed by atoms with E-state index in [1.54, 1.807) is 0 Å². The van der Waals surface area contributed by atoms with Gasteiger partial charge in [-0.05, 0) is 36.7 Å². The summed E-state index contributed by atoms with van der Waals surface area (Å²) < 4.78 is 5.32. The molecule has 2 atom stereocenters. The number of ether oxygens (including phenoxy) is 1. The van der Waals surface area contributed by atoms with Crippen LogP contribution in [-0.4, -0.2) is 34.7 Å². The van der Waals surface area contributed by atoms with Crippen LogP contribution in [0.4, 0.5) is 4.79 Å². The van der Waals surface area contributed by atoms with Crippen molar-refractivity contribution in [3.05, 3.63) is 35.9 Å². The average Bonchev–Trinajstić information content (AvgIpc) is 2.52. The summed E-state index contributed by atoms with van der Waals surface area (Å²) in [5.74, 6) is -0.0805. The highest BCUT2D eigenvalue weighted by Crippen LogP contribution is 2.27. The average molecular weight is 319 g/mol. The number of carboxylic acid groups (broad SMARTS) is 1. The maximum atomic E-state index is 12.4. The molecular weight excluding hydrogens is 294 g/mol. The maximum Gasteiger partial charge on any atom is 0.410 e. The molecule has 5 nitrogen and oxygen atoms in total. The molecule has 0 spiro atoms. The molecule has 1 aromatic carbocycles. The zero-order chi connectivity index (χ0) is 16.8. The molecule has 1 aliphatic heterocycles. The first-order chi connectivity index (χ1) is 11.0. The van der Waals surface area contributed by atoms with Gasteiger partial charge in [-0.3, -0.25) is 4.90 Å². The Balaban J connectivity index is 1.98. The summed E-state index contributed by atoms with van der Waals surface area (Å²) >= 11 is 0. The molecule has 5 heteroatoms. The first-order valence-corrected chi connectivity index (χ1v) is 8.17. The molecule has 1 aromatic rings. The van der Waals surface area contributed by atoms with E-state index in [9.17, 15) is 14.7 Å². The zero-order valence-electron chi connectivity index (χ0n) is 13.8. The molecule has 1 amide bonds. The third-order valence-corrected chi connectivity index (χ3v) is 4.21. The topological polar surface area (TPSA) is 66.8 Å². The SMILES string of the molecule is CC(C)CC1CCC(C(=O)O)N(C(=O)OCc2ccccc2)C1. The summed E-state index contributed by atoms with van der Waals surface area (Å²) in [6.07, 6.45) is 1.80. The molecule has 23 heavy (non-hydrogen) atoms. The molecule has 0 saturated carbocycles. The van der Waals surface area contributed by atoms with Crippen LogP contribution in [0.3, 0.4) is 0 Å². The van der Waals surface area contributed by atoms with Crippen molar-refractivity contribution < 1.29 is 19.4 Å². The minimum atomic E-state index is -0.954. The third kappa shape index (κ3) is 4.98. The van der Waals surface area contributed by atoms with E-state index >= 15 is 0 Å². The van der Waals surface area contributed by atoms with Gasteiger partial charge in [0.1, 0.15) is 12.6 Å². The molecule has 0 aliphatic carbocycles. The highest BCUT2D eigenvalue weighted by molar-refractivity contribution is 5.80. The van der Waals surface area contributed by atoms with Gasteiger partial charge in [-0.2, -0.15) is 0 Å². The number of amides is 1. The molecular formula is C18H25NO4. The molecule has 0 aromatic heterocycles. The smallest absolute Gasteiger partial charge is 0.410 e. The van der Waals surface area contributed by atoms with Gasteiger partial charge in [-0.25, -0.2) is 9.59 Å². The quantitative estimate of drug-likeness (QED) is 0.901. The van der Waals surface area contributed by atoms with E-state index in [1.165, 1.54) is 4.90 Å². The lowest BCUT2D eigenvalue weighted by atomic mass is 9.87. The van der Waals surface area contributed by atoms with Crippen molar-refractivity contribution >= 4 is 12.1 Å². The Bertz CT molecular complexity index is 529. The molecule has 0 bridgehead atoms. The molecule has 1 heterocycles. The number of carboxylic acids is 1. The Hall–Kier alpha value is -2.04. The number of hydrogen-bond acceptors (Lipinski definition) is 3. The fraction of sp³-hybridized carbons (Fsp3) is 0.556. The fourth-order valence-corrected chi connectivity index (χ4v) is 3.17. The number of rotatable bonds is 5. The molecule has 1 N–H and O–H groups in total. The normalized spacial score (nSPS) is 21.3. The Morgan fingerprint density at radius 2 is 1.96 bits per heavy atom. The van der Waals surface area contributed by atoms with E-state index < -0.39 is 18.1 Å². The van der Waals surface area contributed by atoms with E-state index in [0.29, 0.717) is 24.8 Å². The van der Waals surface area contributed by atoms with Crippen LogP contribution in [0, 0.1) is 11.8 Å². The van der Waals surface area contributed by atoms with Gasteiger partial charge in [0.15, 0.2) is 0 Å². The van der Waals surface area contributed by atoms with E-state index in [1.807, 2.05) is 30.3 Å². The lowest BCUT2D eigenvalue weighted by molar-refractivity contribution is -0.144. The van der Waals surface area contributed by atoms with Crippen LogP contribution in [0.1, 0.15) is 38.7 Å². The highest BCUT2D eigenvalue weighted by Gasteiger charge is 2.36. The summed E-state index contributed by atoms with van der Waals surface area (Å²) in [6, 6.07) is 8.62. The number of likely N-dealkylation sites (tertiary alicyclic amines) is 1. The number of nitrogens with zero attached hydrogens (tertiary/aromatic N) is 1. The molecule has 0 radical (unpaired) electrons. The van der Waals surface area contributed by atoms with Crippen LogP contribution in [-0.2, 0) is 16.1 Å². The van der Waals surface area contributed by atoms with Gasteiger partial charge < -0.3 is 9.84 Å². The number of carbonyl (C=O) groups is 2. The largest absolute Gasteiger partial charge is 0.480 e. The van der Waals surface area contributed by atoms with Gasteiger partial charge in [-0.1, -0.05) is 44.2 Å². The van der Waals surface area contributed by atoms with Crippen LogP contribution in [0.5, 0.6) is 0 Å². The van der Waals surface area contributed by atoms with E-state index in [2.05, 4.69) is 13.8 Å². The van der Waals surface area contributed by atoms with Crippen LogP contribution >= 0.6 is 0 Å². The molecule has 1 saturated heterocycles. The minimum absolute atomic E-state index is 0.164.